The van der Waals surface area contributed by atoms with Gasteiger partial charge in [-0.1, -0.05) is 29.8 Å². The Kier molecular flexibility index (Phi) is 8.37. The zero-order valence-corrected chi connectivity index (χ0v) is 18.4. The maximum atomic E-state index is 13.0. The van der Waals surface area contributed by atoms with Gasteiger partial charge in [0.2, 0.25) is 0 Å². The van der Waals surface area contributed by atoms with Crippen molar-refractivity contribution >= 4 is 35.3 Å². The van der Waals surface area contributed by atoms with E-state index >= 15 is 0 Å². The van der Waals surface area contributed by atoms with Crippen molar-refractivity contribution in [1.29, 1.82) is 0 Å². The third-order valence-corrected chi connectivity index (χ3v) is 4.50. The lowest BCUT2D eigenvalue weighted by Gasteiger charge is -2.14. The van der Waals surface area contributed by atoms with Gasteiger partial charge in [0.05, 0.1) is 17.8 Å². The molecule has 2 amide bonds. The fraction of sp³-hybridized carbons (Fsp3) is 0.125. The van der Waals surface area contributed by atoms with Crippen molar-refractivity contribution < 1.29 is 23.5 Å². The summed E-state index contributed by atoms with van der Waals surface area (Å²) in [6, 6.07) is 17.2. The molecule has 0 radical (unpaired) electrons. The molecule has 0 saturated carbocycles. The zero-order chi connectivity index (χ0) is 23.6. The highest BCUT2D eigenvalue weighted by atomic mass is 35.5. The van der Waals surface area contributed by atoms with E-state index in [1.165, 1.54) is 30.5 Å². The molecule has 0 aromatic heterocycles. The van der Waals surface area contributed by atoms with E-state index < -0.39 is 11.7 Å². The molecule has 0 saturated heterocycles. The average Bonchev–Trinajstić information content (AvgIpc) is 2.81. The lowest BCUT2D eigenvalue weighted by Crippen LogP contribution is -2.20. The van der Waals surface area contributed by atoms with E-state index in [0.29, 0.717) is 29.2 Å². The van der Waals surface area contributed by atoms with Crippen LogP contribution in [0.1, 0.15) is 22.8 Å². The summed E-state index contributed by atoms with van der Waals surface area (Å²) in [5, 5.41) is 6.74. The van der Waals surface area contributed by atoms with Crippen LogP contribution >= 0.6 is 11.6 Å². The quantitative estimate of drug-likeness (QED) is 0.352. The van der Waals surface area contributed by atoms with Gasteiger partial charge in [0, 0.05) is 11.3 Å². The van der Waals surface area contributed by atoms with Crippen LogP contribution in [0.25, 0.3) is 0 Å². The summed E-state index contributed by atoms with van der Waals surface area (Å²) in [5.41, 5.74) is 3.91. The summed E-state index contributed by atoms with van der Waals surface area (Å²) in [4.78, 5) is 24.2. The topological polar surface area (TPSA) is 89.0 Å². The van der Waals surface area contributed by atoms with Crippen molar-refractivity contribution in [2.24, 2.45) is 5.10 Å². The van der Waals surface area contributed by atoms with E-state index in [1.807, 2.05) is 6.07 Å². The molecular formula is C24H21ClFN3O4. The van der Waals surface area contributed by atoms with Crippen LogP contribution in [0.3, 0.4) is 0 Å². The van der Waals surface area contributed by atoms with Crippen molar-refractivity contribution in [3.05, 3.63) is 88.7 Å². The Labute approximate surface area is 195 Å². The molecule has 9 heteroatoms. The molecule has 3 rings (SSSR count). The van der Waals surface area contributed by atoms with Crippen LogP contribution in [-0.2, 0) is 4.79 Å². The van der Waals surface area contributed by atoms with Gasteiger partial charge < -0.3 is 14.8 Å². The number of hydrazone groups is 1. The highest BCUT2D eigenvalue weighted by Gasteiger charge is 2.14. The molecule has 0 atom stereocenters. The number of carbonyl (C=O) groups is 2. The first-order valence-electron chi connectivity index (χ1n) is 9.99. The van der Waals surface area contributed by atoms with Crippen molar-refractivity contribution in [2.45, 2.75) is 6.92 Å². The number of hydrogen-bond donors (Lipinski definition) is 2. The summed E-state index contributed by atoms with van der Waals surface area (Å²) < 4.78 is 24.2. The third-order valence-electron chi connectivity index (χ3n) is 4.22. The van der Waals surface area contributed by atoms with Crippen LogP contribution in [0, 0.1) is 5.82 Å². The Morgan fingerprint density at radius 3 is 2.48 bits per heavy atom. The molecule has 3 aromatic carbocycles. The minimum absolute atomic E-state index is 0.193. The summed E-state index contributed by atoms with van der Waals surface area (Å²) >= 11 is 6.34. The Bertz CT molecular complexity index is 1140. The van der Waals surface area contributed by atoms with Crippen LogP contribution in [0.2, 0.25) is 5.02 Å². The van der Waals surface area contributed by atoms with Crippen LogP contribution < -0.4 is 20.2 Å². The molecule has 0 heterocycles. The van der Waals surface area contributed by atoms with Crippen molar-refractivity contribution in [1.82, 2.24) is 5.43 Å². The number of ether oxygens (including phenoxy) is 2. The molecule has 33 heavy (non-hydrogen) atoms. The molecule has 0 aliphatic carbocycles. The SMILES string of the molecule is CCOc1cc(/C=N/NC(=O)c2ccccc2)cc(Cl)c1OCC(=O)Nc1ccc(F)cc1. The summed E-state index contributed by atoms with van der Waals surface area (Å²) in [6.07, 6.45) is 1.42. The van der Waals surface area contributed by atoms with Crippen LogP contribution in [0.4, 0.5) is 10.1 Å². The van der Waals surface area contributed by atoms with Gasteiger partial charge in [-0.15, -0.1) is 0 Å². The molecule has 3 aromatic rings. The van der Waals surface area contributed by atoms with Gasteiger partial charge in [-0.2, -0.15) is 5.10 Å². The average molecular weight is 470 g/mol. The van der Waals surface area contributed by atoms with Gasteiger partial charge in [0.1, 0.15) is 5.82 Å². The fourth-order valence-corrected chi connectivity index (χ4v) is 3.03. The Morgan fingerprint density at radius 1 is 1.06 bits per heavy atom. The highest BCUT2D eigenvalue weighted by Crippen LogP contribution is 2.36. The minimum atomic E-state index is -0.450. The Hall–Kier alpha value is -3.91. The number of amides is 2. The molecule has 0 bridgehead atoms. The predicted molar refractivity (Wildman–Crippen MR) is 125 cm³/mol. The zero-order valence-electron chi connectivity index (χ0n) is 17.7. The lowest BCUT2D eigenvalue weighted by molar-refractivity contribution is -0.118. The first-order valence-corrected chi connectivity index (χ1v) is 10.4. The van der Waals surface area contributed by atoms with Crippen molar-refractivity contribution in [3.63, 3.8) is 0 Å². The number of nitrogens with one attached hydrogen (secondary N) is 2. The van der Waals surface area contributed by atoms with E-state index in [-0.39, 0.29) is 23.3 Å². The monoisotopic (exact) mass is 469 g/mol. The molecule has 0 aliphatic rings. The van der Waals surface area contributed by atoms with Crippen molar-refractivity contribution in [2.75, 3.05) is 18.5 Å². The number of hydrogen-bond acceptors (Lipinski definition) is 5. The maximum Gasteiger partial charge on any atom is 0.271 e. The van der Waals surface area contributed by atoms with Gasteiger partial charge in [-0.3, -0.25) is 9.59 Å². The van der Waals surface area contributed by atoms with E-state index in [4.69, 9.17) is 21.1 Å². The van der Waals surface area contributed by atoms with Gasteiger partial charge >= 0.3 is 0 Å². The van der Waals surface area contributed by atoms with E-state index in [1.54, 1.807) is 43.3 Å². The van der Waals surface area contributed by atoms with Gasteiger partial charge in [0.25, 0.3) is 11.8 Å². The molecule has 0 unspecified atom stereocenters. The van der Waals surface area contributed by atoms with Crippen LogP contribution in [0.5, 0.6) is 11.5 Å². The number of rotatable bonds is 9. The Balaban J connectivity index is 1.65. The fourth-order valence-electron chi connectivity index (χ4n) is 2.75. The number of benzene rings is 3. The second-order valence-electron chi connectivity index (χ2n) is 6.67. The number of nitrogens with zero attached hydrogens (tertiary/aromatic N) is 1. The second-order valence-corrected chi connectivity index (χ2v) is 7.08. The molecule has 170 valence electrons. The highest BCUT2D eigenvalue weighted by molar-refractivity contribution is 6.32. The number of halogens is 2. The van der Waals surface area contributed by atoms with Crippen LogP contribution in [0.15, 0.2) is 71.8 Å². The Morgan fingerprint density at radius 2 is 1.79 bits per heavy atom. The molecule has 2 N–H and O–H groups in total. The van der Waals surface area contributed by atoms with E-state index in [0.717, 1.165) is 0 Å². The molecule has 0 fully saturated rings. The number of anilines is 1. The molecular weight excluding hydrogens is 449 g/mol. The van der Waals surface area contributed by atoms with E-state index in [9.17, 15) is 14.0 Å². The molecule has 0 aliphatic heterocycles. The first-order chi connectivity index (χ1) is 16.0. The van der Waals surface area contributed by atoms with E-state index in [2.05, 4.69) is 15.8 Å². The first kappa shape index (κ1) is 23.7. The molecule has 0 spiro atoms. The number of carbonyl (C=O) groups excluding carboxylic acids is 2. The summed E-state index contributed by atoms with van der Waals surface area (Å²) in [7, 11) is 0. The smallest absolute Gasteiger partial charge is 0.271 e. The molecule has 7 nitrogen and oxygen atoms in total. The van der Waals surface area contributed by atoms with Gasteiger partial charge in [-0.05, 0) is 61.0 Å². The maximum absolute atomic E-state index is 13.0. The largest absolute Gasteiger partial charge is 0.490 e. The predicted octanol–water partition coefficient (Wildman–Crippen LogP) is 4.66. The lowest BCUT2D eigenvalue weighted by atomic mass is 10.2. The third kappa shape index (κ3) is 7.05. The standard InChI is InChI=1S/C24H21ClFN3O4/c1-2-32-21-13-16(14-27-29-24(31)17-6-4-3-5-7-17)12-20(25)23(21)33-15-22(30)28-19-10-8-18(26)9-11-19/h3-14H,2,15H2,1H3,(H,28,30)(H,29,31)/b27-14+. The van der Waals surface area contributed by atoms with Gasteiger partial charge in [-0.25, -0.2) is 9.82 Å². The summed E-state index contributed by atoms with van der Waals surface area (Å²) in [5.74, 6) is -0.696. The minimum Gasteiger partial charge on any atom is -0.490 e. The second kappa shape index (κ2) is 11.6. The van der Waals surface area contributed by atoms with Gasteiger partial charge in [0.15, 0.2) is 18.1 Å². The van der Waals surface area contributed by atoms with Crippen LogP contribution in [-0.4, -0.2) is 31.2 Å². The van der Waals surface area contributed by atoms with Crippen molar-refractivity contribution in [3.8, 4) is 11.5 Å². The normalized spacial score (nSPS) is 10.6. The summed E-state index contributed by atoms with van der Waals surface area (Å²) in [6.45, 7) is 1.79.